The Morgan fingerprint density at radius 1 is 1.42 bits per heavy atom. The monoisotopic (exact) mass is 347 g/mol. The highest BCUT2D eigenvalue weighted by atomic mass is 35.5. The summed E-state index contributed by atoms with van der Waals surface area (Å²) in [6.45, 7) is 6.79. The van der Waals surface area contributed by atoms with Crippen LogP contribution in [0.1, 0.15) is 55.7 Å². The van der Waals surface area contributed by atoms with Crippen molar-refractivity contribution in [1.82, 2.24) is 10.1 Å². The molecule has 24 heavy (non-hydrogen) atoms. The molecule has 1 aromatic heterocycles. The van der Waals surface area contributed by atoms with Gasteiger partial charge in [0.1, 0.15) is 0 Å². The molecule has 128 valence electrons. The van der Waals surface area contributed by atoms with Gasteiger partial charge in [-0.3, -0.25) is 0 Å². The lowest BCUT2D eigenvalue weighted by molar-refractivity contribution is 0.195. The van der Waals surface area contributed by atoms with E-state index in [9.17, 15) is 4.79 Å². The van der Waals surface area contributed by atoms with Gasteiger partial charge in [-0.2, -0.15) is 0 Å². The Kier molecular flexibility index (Phi) is 4.81. The number of aryl methyl sites for hydroxylation is 1. The Morgan fingerprint density at radius 3 is 2.88 bits per heavy atom. The van der Waals surface area contributed by atoms with E-state index in [0.29, 0.717) is 23.2 Å². The van der Waals surface area contributed by atoms with Gasteiger partial charge in [-0.25, -0.2) is 4.79 Å². The quantitative estimate of drug-likeness (QED) is 0.837. The van der Waals surface area contributed by atoms with Crippen molar-refractivity contribution >= 4 is 23.3 Å². The minimum absolute atomic E-state index is 0.0748. The number of carbonyl (C=O) groups excluding carboxylic acids is 1. The third kappa shape index (κ3) is 3.41. The summed E-state index contributed by atoms with van der Waals surface area (Å²) in [5.41, 5.74) is 2.59. The number of amides is 2. The summed E-state index contributed by atoms with van der Waals surface area (Å²) in [6.07, 6.45) is 1.82. The van der Waals surface area contributed by atoms with Gasteiger partial charge in [-0.15, -0.1) is 0 Å². The Morgan fingerprint density at radius 2 is 2.21 bits per heavy atom. The Balaban J connectivity index is 1.75. The molecule has 0 saturated carbocycles. The molecule has 1 unspecified atom stereocenters. The summed E-state index contributed by atoms with van der Waals surface area (Å²) in [6, 6.07) is 7.31. The van der Waals surface area contributed by atoms with Crippen molar-refractivity contribution in [3.05, 3.63) is 46.3 Å². The maximum absolute atomic E-state index is 12.7. The molecule has 1 aromatic carbocycles. The fourth-order valence-corrected chi connectivity index (χ4v) is 3.23. The summed E-state index contributed by atoms with van der Waals surface area (Å²) < 4.78 is 5.48. The van der Waals surface area contributed by atoms with Crippen LogP contribution in [0.25, 0.3) is 0 Å². The number of nitrogens with zero attached hydrogens (tertiary/aromatic N) is 2. The number of carbonyl (C=O) groups is 1. The maximum Gasteiger partial charge on any atom is 0.322 e. The molecule has 2 heterocycles. The molecule has 5 nitrogen and oxygen atoms in total. The maximum atomic E-state index is 12.7. The summed E-state index contributed by atoms with van der Waals surface area (Å²) in [7, 11) is 0. The van der Waals surface area contributed by atoms with Crippen LogP contribution in [-0.2, 0) is 0 Å². The zero-order valence-corrected chi connectivity index (χ0v) is 14.9. The van der Waals surface area contributed by atoms with E-state index in [-0.39, 0.29) is 12.1 Å². The standard InChI is InChI=1S/C18H22ClN3O2/c1-11(2)15-10-17(24-21-15)16-5-4-8-22(16)18(23)20-14-7-6-12(3)9-13(14)19/h6-7,9-11,16H,4-5,8H2,1-3H3,(H,20,23). The lowest BCUT2D eigenvalue weighted by Gasteiger charge is -2.23. The van der Waals surface area contributed by atoms with E-state index in [0.717, 1.165) is 29.9 Å². The molecule has 6 heteroatoms. The van der Waals surface area contributed by atoms with Crippen LogP contribution in [0.2, 0.25) is 5.02 Å². The van der Waals surface area contributed by atoms with Crippen LogP contribution in [0.3, 0.4) is 0 Å². The Hall–Kier alpha value is -2.01. The number of rotatable bonds is 3. The highest BCUT2D eigenvalue weighted by molar-refractivity contribution is 6.33. The zero-order valence-electron chi connectivity index (χ0n) is 14.2. The van der Waals surface area contributed by atoms with Crippen molar-refractivity contribution in [3.63, 3.8) is 0 Å². The van der Waals surface area contributed by atoms with Crippen LogP contribution in [0.15, 0.2) is 28.8 Å². The van der Waals surface area contributed by atoms with Gasteiger partial charge in [-0.1, -0.05) is 36.7 Å². The molecule has 1 fully saturated rings. The number of hydrogen-bond donors (Lipinski definition) is 1. The van der Waals surface area contributed by atoms with Crippen LogP contribution >= 0.6 is 11.6 Å². The molecule has 2 aromatic rings. The van der Waals surface area contributed by atoms with Gasteiger partial charge in [0.15, 0.2) is 5.76 Å². The van der Waals surface area contributed by atoms with E-state index in [1.165, 1.54) is 0 Å². The number of anilines is 1. The first-order valence-electron chi connectivity index (χ1n) is 8.26. The van der Waals surface area contributed by atoms with E-state index in [2.05, 4.69) is 24.3 Å². The van der Waals surface area contributed by atoms with E-state index >= 15 is 0 Å². The minimum atomic E-state index is -0.161. The smallest absolute Gasteiger partial charge is 0.322 e. The number of halogens is 1. The first kappa shape index (κ1) is 16.8. The van der Waals surface area contributed by atoms with Crippen molar-refractivity contribution in [2.24, 2.45) is 0 Å². The van der Waals surface area contributed by atoms with Crippen LogP contribution in [0, 0.1) is 6.92 Å². The summed E-state index contributed by atoms with van der Waals surface area (Å²) in [5, 5.41) is 7.55. The molecular formula is C18H22ClN3O2. The van der Waals surface area contributed by atoms with Gasteiger partial charge in [0.25, 0.3) is 0 Å². The van der Waals surface area contributed by atoms with Crippen LogP contribution in [0.4, 0.5) is 10.5 Å². The lowest BCUT2D eigenvalue weighted by Crippen LogP contribution is -2.34. The van der Waals surface area contributed by atoms with Crippen molar-refractivity contribution in [2.75, 3.05) is 11.9 Å². The van der Waals surface area contributed by atoms with E-state index in [1.54, 1.807) is 4.90 Å². The number of nitrogens with one attached hydrogen (secondary N) is 1. The molecule has 3 rings (SSSR count). The highest BCUT2D eigenvalue weighted by Gasteiger charge is 2.33. The van der Waals surface area contributed by atoms with Gasteiger partial charge >= 0.3 is 6.03 Å². The largest absolute Gasteiger partial charge is 0.359 e. The van der Waals surface area contributed by atoms with Gasteiger partial charge in [-0.05, 0) is 43.4 Å². The van der Waals surface area contributed by atoms with Crippen LogP contribution < -0.4 is 5.32 Å². The molecule has 1 aliphatic rings. The minimum Gasteiger partial charge on any atom is -0.359 e. The number of likely N-dealkylation sites (tertiary alicyclic amines) is 1. The molecule has 0 spiro atoms. The molecular weight excluding hydrogens is 326 g/mol. The Labute approximate surface area is 147 Å². The molecule has 1 aliphatic heterocycles. The lowest BCUT2D eigenvalue weighted by atomic mass is 10.1. The summed E-state index contributed by atoms with van der Waals surface area (Å²) >= 11 is 6.21. The number of aromatic nitrogens is 1. The normalized spacial score (nSPS) is 17.5. The van der Waals surface area contributed by atoms with E-state index in [1.807, 2.05) is 31.2 Å². The first-order valence-corrected chi connectivity index (χ1v) is 8.64. The summed E-state index contributed by atoms with van der Waals surface area (Å²) in [5.74, 6) is 1.05. The van der Waals surface area contributed by atoms with Gasteiger partial charge < -0.3 is 14.7 Å². The highest BCUT2D eigenvalue weighted by Crippen LogP contribution is 2.34. The van der Waals surface area contributed by atoms with Crippen LogP contribution in [0.5, 0.6) is 0 Å². The average Bonchev–Trinajstić information content (AvgIpc) is 3.17. The predicted molar refractivity (Wildman–Crippen MR) is 94.5 cm³/mol. The molecule has 1 atom stereocenters. The topological polar surface area (TPSA) is 58.4 Å². The van der Waals surface area contributed by atoms with Gasteiger partial charge in [0.05, 0.1) is 22.4 Å². The molecule has 0 radical (unpaired) electrons. The third-order valence-corrected chi connectivity index (χ3v) is 4.66. The third-order valence-electron chi connectivity index (χ3n) is 4.35. The molecule has 0 bridgehead atoms. The molecule has 0 aliphatic carbocycles. The number of hydrogen-bond acceptors (Lipinski definition) is 3. The predicted octanol–water partition coefficient (Wildman–Crippen LogP) is 5.13. The van der Waals surface area contributed by atoms with E-state index in [4.69, 9.17) is 16.1 Å². The van der Waals surface area contributed by atoms with E-state index < -0.39 is 0 Å². The van der Waals surface area contributed by atoms with Crippen molar-refractivity contribution in [2.45, 2.75) is 45.6 Å². The fraction of sp³-hybridized carbons (Fsp3) is 0.444. The van der Waals surface area contributed by atoms with Crippen molar-refractivity contribution < 1.29 is 9.32 Å². The van der Waals surface area contributed by atoms with Gasteiger partial charge in [0, 0.05) is 12.6 Å². The SMILES string of the molecule is Cc1ccc(NC(=O)N2CCCC2c2cc(C(C)C)no2)c(Cl)c1. The second kappa shape index (κ2) is 6.85. The Bertz CT molecular complexity index is 742. The van der Waals surface area contributed by atoms with Crippen molar-refractivity contribution in [3.8, 4) is 0 Å². The molecule has 2 amide bonds. The average molecular weight is 348 g/mol. The molecule has 1 N–H and O–H groups in total. The van der Waals surface area contributed by atoms with Gasteiger partial charge in [0.2, 0.25) is 0 Å². The number of benzene rings is 1. The second-order valence-corrected chi connectivity index (χ2v) is 6.98. The summed E-state index contributed by atoms with van der Waals surface area (Å²) in [4.78, 5) is 14.5. The zero-order chi connectivity index (χ0) is 17.3. The number of urea groups is 1. The molecule has 1 saturated heterocycles. The van der Waals surface area contributed by atoms with Crippen LogP contribution in [-0.4, -0.2) is 22.6 Å². The fourth-order valence-electron chi connectivity index (χ4n) is 2.95. The second-order valence-electron chi connectivity index (χ2n) is 6.57. The van der Waals surface area contributed by atoms with Crippen molar-refractivity contribution in [1.29, 1.82) is 0 Å². The first-order chi connectivity index (χ1) is 11.5.